The second-order valence-corrected chi connectivity index (χ2v) is 5.99. The normalized spacial score (nSPS) is 18.4. The average Bonchev–Trinajstić information content (AvgIpc) is 2.79. The van der Waals surface area contributed by atoms with E-state index in [2.05, 4.69) is 19.2 Å². The van der Waals surface area contributed by atoms with Crippen LogP contribution < -0.4 is 5.32 Å². The molecule has 1 aliphatic rings. The second-order valence-electron chi connectivity index (χ2n) is 5.99. The van der Waals surface area contributed by atoms with E-state index in [-0.39, 0.29) is 11.2 Å². The highest BCUT2D eigenvalue weighted by Gasteiger charge is 2.37. The molecule has 1 saturated carbocycles. The predicted molar refractivity (Wildman–Crippen MR) is 74.3 cm³/mol. The molecule has 18 heavy (non-hydrogen) atoms. The largest absolute Gasteiger partial charge is 0.316 e. The summed E-state index contributed by atoms with van der Waals surface area (Å²) in [6.07, 6.45) is 4.66. The van der Waals surface area contributed by atoms with Gasteiger partial charge >= 0.3 is 0 Å². The fourth-order valence-electron chi connectivity index (χ4n) is 3.08. The van der Waals surface area contributed by atoms with Gasteiger partial charge in [-0.2, -0.15) is 0 Å². The lowest BCUT2D eigenvalue weighted by Crippen LogP contribution is -2.38. The van der Waals surface area contributed by atoms with Crippen molar-refractivity contribution in [3.8, 4) is 0 Å². The number of rotatable bonds is 5. The van der Waals surface area contributed by atoms with Crippen LogP contribution in [0.3, 0.4) is 0 Å². The summed E-state index contributed by atoms with van der Waals surface area (Å²) in [6.45, 7) is 6.33. The highest BCUT2D eigenvalue weighted by molar-refractivity contribution is 5.29. The number of hydrogen-bond acceptors (Lipinski definition) is 1. The first-order valence-electron chi connectivity index (χ1n) is 7.10. The molecule has 1 aromatic rings. The van der Waals surface area contributed by atoms with Gasteiger partial charge in [-0.1, -0.05) is 44.9 Å². The van der Waals surface area contributed by atoms with Gasteiger partial charge in [0.1, 0.15) is 5.82 Å². The Balaban J connectivity index is 2.14. The van der Waals surface area contributed by atoms with Gasteiger partial charge in [0.15, 0.2) is 0 Å². The van der Waals surface area contributed by atoms with E-state index in [0.717, 1.165) is 31.5 Å². The summed E-state index contributed by atoms with van der Waals surface area (Å²) < 4.78 is 14.0. The molecule has 0 saturated heterocycles. The lowest BCUT2D eigenvalue weighted by Gasteiger charge is -2.31. The molecule has 0 unspecified atom stereocenters. The highest BCUT2D eigenvalue weighted by atomic mass is 19.1. The van der Waals surface area contributed by atoms with Crippen LogP contribution in [0.4, 0.5) is 4.39 Å². The Morgan fingerprint density at radius 1 is 1.22 bits per heavy atom. The minimum atomic E-state index is -0.0363. The molecule has 0 spiro atoms. The number of benzene rings is 1. The molecule has 0 amide bonds. The van der Waals surface area contributed by atoms with Gasteiger partial charge < -0.3 is 5.32 Å². The maximum atomic E-state index is 14.0. The van der Waals surface area contributed by atoms with Crippen LogP contribution in [-0.2, 0) is 5.41 Å². The van der Waals surface area contributed by atoms with Crippen molar-refractivity contribution in [2.45, 2.75) is 44.9 Å². The third kappa shape index (κ3) is 2.92. The zero-order valence-electron chi connectivity index (χ0n) is 11.5. The van der Waals surface area contributed by atoms with E-state index in [1.54, 1.807) is 12.1 Å². The van der Waals surface area contributed by atoms with Gasteiger partial charge in [0.25, 0.3) is 0 Å². The summed E-state index contributed by atoms with van der Waals surface area (Å²) in [6, 6.07) is 7.31. The maximum absolute atomic E-state index is 14.0. The molecule has 0 aromatic heterocycles. The molecule has 2 heteroatoms. The fourth-order valence-corrected chi connectivity index (χ4v) is 3.08. The van der Waals surface area contributed by atoms with Crippen LogP contribution in [0.15, 0.2) is 24.3 Å². The molecule has 1 aliphatic carbocycles. The zero-order valence-corrected chi connectivity index (χ0v) is 11.5. The van der Waals surface area contributed by atoms with Gasteiger partial charge in [-0.05, 0) is 36.9 Å². The van der Waals surface area contributed by atoms with Crippen molar-refractivity contribution >= 4 is 0 Å². The Morgan fingerprint density at radius 3 is 2.50 bits per heavy atom. The molecule has 1 N–H and O–H groups in total. The quantitative estimate of drug-likeness (QED) is 0.835. The molecular weight excluding hydrogens is 225 g/mol. The second kappa shape index (κ2) is 5.83. The fraction of sp³-hybridized carbons (Fsp3) is 0.625. The molecule has 100 valence electrons. The van der Waals surface area contributed by atoms with Crippen LogP contribution in [0.2, 0.25) is 0 Å². The molecule has 0 bridgehead atoms. The van der Waals surface area contributed by atoms with E-state index < -0.39 is 0 Å². The topological polar surface area (TPSA) is 12.0 Å². The Hall–Kier alpha value is -0.890. The molecule has 1 aromatic carbocycles. The van der Waals surface area contributed by atoms with Crippen LogP contribution in [0.25, 0.3) is 0 Å². The molecule has 0 heterocycles. The van der Waals surface area contributed by atoms with Crippen LogP contribution in [0.1, 0.15) is 45.1 Å². The summed E-state index contributed by atoms with van der Waals surface area (Å²) in [5, 5.41) is 3.53. The Bertz CT molecular complexity index is 380. The molecule has 2 rings (SSSR count). The minimum Gasteiger partial charge on any atom is -0.316 e. The highest BCUT2D eigenvalue weighted by Crippen LogP contribution is 2.41. The molecule has 1 fully saturated rings. The molecule has 1 nitrogen and oxygen atoms in total. The van der Waals surface area contributed by atoms with E-state index in [4.69, 9.17) is 0 Å². The summed E-state index contributed by atoms with van der Waals surface area (Å²) in [7, 11) is 0. The number of halogens is 1. The first-order valence-corrected chi connectivity index (χ1v) is 7.10. The van der Waals surface area contributed by atoms with Gasteiger partial charge in [-0.15, -0.1) is 0 Å². The van der Waals surface area contributed by atoms with Crippen molar-refractivity contribution in [1.82, 2.24) is 5.32 Å². The van der Waals surface area contributed by atoms with Crippen LogP contribution in [-0.4, -0.2) is 13.1 Å². The van der Waals surface area contributed by atoms with Crippen molar-refractivity contribution in [3.05, 3.63) is 35.6 Å². The molecule has 0 radical (unpaired) electrons. The van der Waals surface area contributed by atoms with Crippen molar-refractivity contribution in [3.63, 3.8) is 0 Å². The van der Waals surface area contributed by atoms with Gasteiger partial charge in [0.05, 0.1) is 0 Å². The van der Waals surface area contributed by atoms with E-state index in [0.29, 0.717) is 5.92 Å². The monoisotopic (exact) mass is 249 g/mol. The van der Waals surface area contributed by atoms with E-state index in [9.17, 15) is 4.39 Å². The SMILES string of the molecule is CC(C)CNCC1(c2ccccc2F)CCCC1. The van der Waals surface area contributed by atoms with Crippen LogP contribution in [0, 0.1) is 11.7 Å². The third-order valence-electron chi connectivity index (χ3n) is 4.02. The van der Waals surface area contributed by atoms with Crippen molar-refractivity contribution < 1.29 is 4.39 Å². The summed E-state index contributed by atoms with van der Waals surface area (Å²) in [5.41, 5.74) is 0.944. The first kappa shape index (κ1) is 13.5. The molecule has 0 aliphatic heterocycles. The summed E-state index contributed by atoms with van der Waals surface area (Å²) in [5.74, 6) is 0.606. The molecular formula is C16H24FN. The van der Waals surface area contributed by atoms with Gasteiger partial charge in [-0.25, -0.2) is 4.39 Å². The molecule has 0 atom stereocenters. The summed E-state index contributed by atoms with van der Waals surface area (Å²) in [4.78, 5) is 0. The van der Waals surface area contributed by atoms with Gasteiger partial charge in [0, 0.05) is 12.0 Å². The Morgan fingerprint density at radius 2 is 1.89 bits per heavy atom. The van der Waals surface area contributed by atoms with E-state index in [1.165, 1.54) is 12.8 Å². The minimum absolute atomic E-state index is 0.0280. The Kier molecular flexibility index (Phi) is 4.39. The van der Waals surface area contributed by atoms with Crippen LogP contribution >= 0.6 is 0 Å². The first-order chi connectivity index (χ1) is 8.64. The zero-order chi connectivity index (χ0) is 13.0. The van der Waals surface area contributed by atoms with Crippen molar-refractivity contribution in [2.24, 2.45) is 5.92 Å². The standard InChI is InChI=1S/C16H24FN/c1-13(2)11-18-12-16(9-5-6-10-16)14-7-3-4-8-15(14)17/h3-4,7-8,13,18H,5-6,9-12H2,1-2H3. The van der Waals surface area contributed by atoms with Crippen molar-refractivity contribution in [1.29, 1.82) is 0 Å². The predicted octanol–water partition coefficient (Wildman–Crippen LogP) is 3.88. The van der Waals surface area contributed by atoms with Gasteiger partial charge in [-0.3, -0.25) is 0 Å². The van der Waals surface area contributed by atoms with E-state index >= 15 is 0 Å². The number of hydrogen-bond donors (Lipinski definition) is 1. The van der Waals surface area contributed by atoms with Crippen molar-refractivity contribution in [2.75, 3.05) is 13.1 Å². The lowest BCUT2D eigenvalue weighted by atomic mass is 9.78. The average molecular weight is 249 g/mol. The van der Waals surface area contributed by atoms with E-state index in [1.807, 2.05) is 12.1 Å². The van der Waals surface area contributed by atoms with Crippen LogP contribution in [0.5, 0.6) is 0 Å². The smallest absolute Gasteiger partial charge is 0.127 e. The third-order valence-corrected chi connectivity index (χ3v) is 4.02. The van der Waals surface area contributed by atoms with Gasteiger partial charge in [0.2, 0.25) is 0 Å². The summed E-state index contributed by atoms with van der Waals surface area (Å²) >= 11 is 0. The lowest BCUT2D eigenvalue weighted by molar-refractivity contribution is 0.376. The Labute approximate surface area is 110 Å². The number of nitrogens with one attached hydrogen (secondary N) is 1. The maximum Gasteiger partial charge on any atom is 0.127 e.